The predicted molar refractivity (Wildman–Crippen MR) is 114 cm³/mol. The van der Waals surface area contributed by atoms with Gasteiger partial charge in [0, 0.05) is 31.3 Å². The van der Waals surface area contributed by atoms with E-state index in [4.69, 9.17) is 9.83 Å². The van der Waals surface area contributed by atoms with Crippen molar-refractivity contribution in [2.75, 3.05) is 13.2 Å². The minimum Gasteiger partial charge on any atom is -0.333 e. The molecule has 0 saturated heterocycles. The molecule has 0 bridgehead atoms. The third kappa shape index (κ3) is 3.71. The molecule has 156 valence electrons. The fraction of sp³-hybridized carbons (Fsp3) is 0.545. The van der Waals surface area contributed by atoms with Crippen LogP contribution in [0.4, 0.5) is 0 Å². The second kappa shape index (κ2) is 8.06. The van der Waals surface area contributed by atoms with E-state index in [1.165, 1.54) is 11.4 Å². The maximum absolute atomic E-state index is 6.12. The SMILES string of the molecule is CCCc1nc(C)cn1CON1C=C2C=NC3=C(N(CCC)C=C(C)C3C)N2C1. The Labute approximate surface area is 173 Å². The van der Waals surface area contributed by atoms with Crippen molar-refractivity contribution in [3.8, 4) is 0 Å². The number of rotatable bonds is 7. The molecule has 0 aliphatic carbocycles. The number of nitrogens with zero attached hydrogens (tertiary/aromatic N) is 6. The Morgan fingerprint density at radius 1 is 1.17 bits per heavy atom. The molecule has 1 aromatic rings. The lowest BCUT2D eigenvalue weighted by Crippen LogP contribution is -2.40. The van der Waals surface area contributed by atoms with Crippen molar-refractivity contribution in [1.29, 1.82) is 0 Å². The number of hydroxylamine groups is 2. The summed E-state index contributed by atoms with van der Waals surface area (Å²) < 4.78 is 2.10. The Morgan fingerprint density at radius 2 is 2.00 bits per heavy atom. The molecule has 1 aromatic heterocycles. The number of imidazole rings is 1. The molecule has 3 aliphatic rings. The van der Waals surface area contributed by atoms with Crippen molar-refractivity contribution in [3.63, 3.8) is 0 Å². The van der Waals surface area contributed by atoms with Gasteiger partial charge in [-0.05, 0) is 32.3 Å². The molecule has 4 heterocycles. The van der Waals surface area contributed by atoms with Gasteiger partial charge in [-0.3, -0.25) is 9.83 Å². The first-order chi connectivity index (χ1) is 14.0. The van der Waals surface area contributed by atoms with E-state index in [0.717, 1.165) is 48.7 Å². The fourth-order valence-electron chi connectivity index (χ4n) is 4.10. The summed E-state index contributed by atoms with van der Waals surface area (Å²) in [6.07, 6.45) is 11.5. The number of aliphatic imine (C=N–C) groups is 1. The van der Waals surface area contributed by atoms with Gasteiger partial charge in [-0.15, -0.1) is 0 Å². The van der Waals surface area contributed by atoms with E-state index in [1.54, 1.807) is 0 Å². The first kappa shape index (κ1) is 19.8. The van der Waals surface area contributed by atoms with Crippen LogP contribution in [0.3, 0.4) is 0 Å². The van der Waals surface area contributed by atoms with Crippen molar-refractivity contribution in [1.82, 2.24) is 24.4 Å². The normalized spacial score (nSPS) is 20.9. The molecular formula is C22H32N6O. The zero-order valence-corrected chi connectivity index (χ0v) is 18.2. The highest BCUT2D eigenvalue weighted by Gasteiger charge is 2.35. The molecule has 7 nitrogen and oxygen atoms in total. The molecule has 0 fully saturated rings. The van der Waals surface area contributed by atoms with Gasteiger partial charge in [0.1, 0.15) is 18.3 Å². The van der Waals surface area contributed by atoms with E-state index < -0.39 is 0 Å². The standard InChI is InChI=1S/C22H32N6O/c1-6-8-20-24-17(4)12-26(20)15-29-27-13-19-10-23-21-18(5)16(3)11-25(9-7-2)22(21)28(19)14-27/h10-13,18H,6-9,14-15H2,1-5H3. The maximum Gasteiger partial charge on any atom is 0.151 e. The Bertz CT molecular complexity index is 893. The molecule has 7 heteroatoms. The summed E-state index contributed by atoms with van der Waals surface area (Å²) >= 11 is 0. The molecule has 1 unspecified atom stereocenters. The number of aromatic nitrogens is 2. The average molecular weight is 397 g/mol. The van der Waals surface area contributed by atoms with Crippen LogP contribution >= 0.6 is 0 Å². The van der Waals surface area contributed by atoms with Crippen LogP contribution in [0.5, 0.6) is 0 Å². The highest BCUT2D eigenvalue weighted by molar-refractivity contribution is 5.81. The lowest BCUT2D eigenvalue weighted by atomic mass is 9.95. The lowest BCUT2D eigenvalue weighted by molar-refractivity contribution is -0.159. The highest BCUT2D eigenvalue weighted by Crippen LogP contribution is 2.38. The van der Waals surface area contributed by atoms with Gasteiger partial charge in [-0.1, -0.05) is 20.8 Å². The van der Waals surface area contributed by atoms with Crippen molar-refractivity contribution < 1.29 is 4.84 Å². The zero-order valence-electron chi connectivity index (χ0n) is 18.2. The summed E-state index contributed by atoms with van der Waals surface area (Å²) in [5.41, 5.74) is 4.60. The third-order valence-corrected chi connectivity index (χ3v) is 5.69. The minimum atomic E-state index is 0.330. The van der Waals surface area contributed by atoms with Crippen LogP contribution in [-0.4, -0.2) is 43.8 Å². The molecule has 29 heavy (non-hydrogen) atoms. The summed E-state index contributed by atoms with van der Waals surface area (Å²) in [7, 11) is 0. The molecule has 1 atom stereocenters. The van der Waals surface area contributed by atoms with E-state index in [0.29, 0.717) is 19.3 Å². The van der Waals surface area contributed by atoms with Crippen LogP contribution in [0.15, 0.2) is 46.4 Å². The van der Waals surface area contributed by atoms with E-state index in [1.807, 2.05) is 24.4 Å². The largest absolute Gasteiger partial charge is 0.333 e. The Balaban J connectivity index is 1.50. The first-order valence-corrected chi connectivity index (χ1v) is 10.7. The number of aryl methyl sites for hydroxylation is 2. The smallest absolute Gasteiger partial charge is 0.151 e. The Hall–Kier alpha value is -2.54. The summed E-state index contributed by atoms with van der Waals surface area (Å²) in [5.74, 6) is 2.60. The lowest BCUT2D eigenvalue weighted by Gasteiger charge is -2.40. The van der Waals surface area contributed by atoms with Gasteiger partial charge in [0.2, 0.25) is 0 Å². The van der Waals surface area contributed by atoms with Gasteiger partial charge in [-0.25, -0.2) is 10.0 Å². The van der Waals surface area contributed by atoms with Gasteiger partial charge in [0.15, 0.2) is 6.73 Å². The van der Waals surface area contributed by atoms with Crippen LogP contribution < -0.4 is 0 Å². The topological polar surface area (TPSA) is 49.1 Å². The average Bonchev–Trinajstić information content (AvgIpc) is 3.26. The Kier molecular flexibility index (Phi) is 5.50. The Morgan fingerprint density at radius 3 is 2.76 bits per heavy atom. The fourth-order valence-corrected chi connectivity index (χ4v) is 4.10. The van der Waals surface area contributed by atoms with E-state index in [2.05, 4.69) is 59.4 Å². The van der Waals surface area contributed by atoms with E-state index in [-0.39, 0.29) is 0 Å². The molecule has 4 rings (SSSR count). The molecule has 0 radical (unpaired) electrons. The van der Waals surface area contributed by atoms with Crippen LogP contribution in [0, 0.1) is 12.8 Å². The quantitative estimate of drug-likeness (QED) is 0.698. The van der Waals surface area contributed by atoms with Gasteiger partial charge in [0.25, 0.3) is 0 Å². The van der Waals surface area contributed by atoms with Crippen LogP contribution in [-0.2, 0) is 18.0 Å². The second-order valence-electron chi connectivity index (χ2n) is 8.07. The number of hydrogen-bond acceptors (Lipinski definition) is 6. The summed E-state index contributed by atoms with van der Waals surface area (Å²) in [6.45, 7) is 13.0. The number of fused-ring (bicyclic) bond motifs is 2. The van der Waals surface area contributed by atoms with Crippen molar-refractivity contribution in [2.24, 2.45) is 10.9 Å². The number of hydrogen-bond donors (Lipinski definition) is 0. The maximum atomic E-state index is 6.12. The van der Waals surface area contributed by atoms with Gasteiger partial charge >= 0.3 is 0 Å². The molecule has 0 spiro atoms. The molecule has 0 aromatic carbocycles. The molecule has 0 amide bonds. The summed E-state index contributed by atoms with van der Waals surface area (Å²) in [4.78, 5) is 20.2. The van der Waals surface area contributed by atoms with Gasteiger partial charge in [-0.2, -0.15) is 0 Å². The van der Waals surface area contributed by atoms with Gasteiger partial charge in [0.05, 0.1) is 29.5 Å². The van der Waals surface area contributed by atoms with Crippen molar-refractivity contribution >= 4 is 6.21 Å². The summed E-state index contributed by atoms with van der Waals surface area (Å²) in [5, 5.41) is 1.91. The first-order valence-electron chi connectivity index (χ1n) is 10.7. The second-order valence-corrected chi connectivity index (χ2v) is 8.07. The minimum absolute atomic E-state index is 0.330. The van der Waals surface area contributed by atoms with Crippen LogP contribution in [0.2, 0.25) is 0 Å². The number of allylic oxidation sites excluding steroid dienone is 2. The van der Waals surface area contributed by atoms with E-state index in [9.17, 15) is 0 Å². The monoisotopic (exact) mass is 396 g/mol. The predicted octanol–water partition coefficient (Wildman–Crippen LogP) is 3.97. The molecular weight excluding hydrogens is 364 g/mol. The molecule has 0 saturated carbocycles. The summed E-state index contributed by atoms with van der Waals surface area (Å²) in [6, 6.07) is 0. The van der Waals surface area contributed by atoms with Crippen LogP contribution in [0.1, 0.15) is 52.1 Å². The highest BCUT2D eigenvalue weighted by atomic mass is 16.7. The van der Waals surface area contributed by atoms with Crippen molar-refractivity contribution in [3.05, 3.63) is 52.9 Å². The van der Waals surface area contributed by atoms with Crippen molar-refractivity contribution in [2.45, 2.75) is 60.6 Å². The van der Waals surface area contributed by atoms with E-state index >= 15 is 0 Å². The molecule has 0 N–H and O–H groups in total. The van der Waals surface area contributed by atoms with Gasteiger partial charge < -0.3 is 14.4 Å². The van der Waals surface area contributed by atoms with Crippen LogP contribution in [0.25, 0.3) is 0 Å². The third-order valence-electron chi connectivity index (χ3n) is 5.69. The zero-order chi connectivity index (χ0) is 20.5. The molecule has 3 aliphatic heterocycles.